The van der Waals surface area contributed by atoms with E-state index in [4.69, 9.17) is 5.73 Å². The van der Waals surface area contributed by atoms with E-state index in [1.807, 2.05) is 54.7 Å². The van der Waals surface area contributed by atoms with Gasteiger partial charge in [-0.3, -0.25) is 5.10 Å². The van der Waals surface area contributed by atoms with Gasteiger partial charge < -0.3 is 10.7 Å². The molecule has 6 nitrogen and oxygen atoms in total. The second-order valence-electron chi connectivity index (χ2n) is 5.54. The van der Waals surface area contributed by atoms with E-state index in [0.717, 1.165) is 22.5 Å². The topological polar surface area (TPSA) is 107 Å². The summed E-state index contributed by atoms with van der Waals surface area (Å²) < 4.78 is 0. The van der Waals surface area contributed by atoms with E-state index in [1.165, 1.54) is 0 Å². The van der Waals surface area contributed by atoms with Gasteiger partial charge in [0, 0.05) is 22.9 Å². The second kappa shape index (κ2) is 5.98. The Morgan fingerprint density at radius 2 is 1.88 bits per heavy atom. The van der Waals surface area contributed by atoms with Gasteiger partial charge in [0.15, 0.2) is 0 Å². The smallest absolute Gasteiger partial charge is 0.142 e. The SMILES string of the molecule is N#Cc1c(-c2cn[nH]c2-c2ccccc2)cc(-c2ccc[nH]2)nc1N. The van der Waals surface area contributed by atoms with Gasteiger partial charge in [-0.05, 0) is 18.2 Å². The molecule has 4 rings (SSSR count). The van der Waals surface area contributed by atoms with E-state index in [1.54, 1.807) is 6.20 Å². The molecule has 1 aromatic carbocycles. The molecule has 25 heavy (non-hydrogen) atoms. The number of H-pyrrole nitrogens is 2. The quantitative estimate of drug-likeness (QED) is 0.534. The van der Waals surface area contributed by atoms with Crippen LogP contribution in [0.3, 0.4) is 0 Å². The van der Waals surface area contributed by atoms with Gasteiger partial charge in [0.05, 0.1) is 23.3 Å². The number of hydrogen-bond acceptors (Lipinski definition) is 4. The molecule has 120 valence electrons. The molecule has 3 heterocycles. The van der Waals surface area contributed by atoms with Crippen LogP contribution in [-0.2, 0) is 0 Å². The highest BCUT2D eigenvalue weighted by atomic mass is 15.1. The van der Waals surface area contributed by atoms with Gasteiger partial charge in [0.25, 0.3) is 0 Å². The first-order chi connectivity index (χ1) is 12.3. The summed E-state index contributed by atoms with van der Waals surface area (Å²) in [5.41, 5.74) is 11.2. The minimum atomic E-state index is 0.199. The van der Waals surface area contributed by atoms with Crippen LogP contribution in [0.1, 0.15) is 5.56 Å². The van der Waals surface area contributed by atoms with Crippen LogP contribution in [0.2, 0.25) is 0 Å². The zero-order valence-electron chi connectivity index (χ0n) is 13.2. The van der Waals surface area contributed by atoms with Gasteiger partial charge >= 0.3 is 0 Å². The Labute approximate surface area is 144 Å². The Morgan fingerprint density at radius 3 is 2.60 bits per heavy atom. The summed E-state index contributed by atoms with van der Waals surface area (Å²) in [5, 5.41) is 16.8. The van der Waals surface area contributed by atoms with Crippen molar-refractivity contribution in [2.24, 2.45) is 0 Å². The molecule has 4 N–H and O–H groups in total. The molecule has 6 heteroatoms. The minimum Gasteiger partial charge on any atom is -0.383 e. The molecule has 0 saturated heterocycles. The van der Waals surface area contributed by atoms with Gasteiger partial charge in [0.1, 0.15) is 17.5 Å². The third kappa shape index (κ3) is 2.54. The number of nitrogens with zero attached hydrogens (tertiary/aromatic N) is 3. The number of aromatic amines is 2. The molecular formula is C19H14N6. The van der Waals surface area contributed by atoms with Crippen molar-refractivity contribution in [2.75, 3.05) is 5.73 Å². The van der Waals surface area contributed by atoms with E-state index in [0.29, 0.717) is 16.8 Å². The summed E-state index contributed by atoms with van der Waals surface area (Å²) in [5.74, 6) is 0.199. The van der Waals surface area contributed by atoms with Gasteiger partial charge in [-0.1, -0.05) is 30.3 Å². The first-order valence-electron chi connectivity index (χ1n) is 7.71. The number of benzene rings is 1. The van der Waals surface area contributed by atoms with Crippen molar-refractivity contribution in [3.05, 3.63) is 66.5 Å². The predicted molar refractivity (Wildman–Crippen MR) is 96.2 cm³/mol. The van der Waals surface area contributed by atoms with E-state index >= 15 is 0 Å². The molecule has 0 saturated carbocycles. The number of nitrogen functional groups attached to an aromatic ring is 1. The molecule has 0 spiro atoms. The van der Waals surface area contributed by atoms with Crippen LogP contribution in [0, 0.1) is 11.3 Å². The molecule has 4 aromatic rings. The highest BCUT2D eigenvalue weighted by Gasteiger charge is 2.18. The van der Waals surface area contributed by atoms with E-state index in [9.17, 15) is 5.26 Å². The fraction of sp³-hybridized carbons (Fsp3) is 0. The summed E-state index contributed by atoms with van der Waals surface area (Å²) in [4.78, 5) is 7.47. The number of nitriles is 1. The van der Waals surface area contributed by atoms with Crippen molar-refractivity contribution in [3.63, 3.8) is 0 Å². The molecule has 0 fully saturated rings. The molecule has 0 aliphatic rings. The number of anilines is 1. The van der Waals surface area contributed by atoms with Gasteiger partial charge in [-0.15, -0.1) is 0 Å². The average molecular weight is 326 g/mol. The van der Waals surface area contributed by atoms with E-state index in [2.05, 4.69) is 26.2 Å². The number of nitrogens with two attached hydrogens (primary N) is 1. The second-order valence-corrected chi connectivity index (χ2v) is 5.54. The van der Waals surface area contributed by atoms with Crippen LogP contribution >= 0.6 is 0 Å². The van der Waals surface area contributed by atoms with Crippen molar-refractivity contribution < 1.29 is 0 Å². The molecule has 0 unspecified atom stereocenters. The number of nitrogens with one attached hydrogen (secondary N) is 2. The summed E-state index contributed by atoms with van der Waals surface area (Å²) >= 11 is 0. The van der Waals surface area contributed by atoms with Crippen LogP contribution in [0.5, 0.6) is 0 Å². The molecule has 0 bridgehead atoms. The van der Waals surface area contributed by atoms with Crippen molar-refractivity contribution in [1.29, 1.82) is 5.26 Å². The van der Waals surface area contributed by atoms with Gasteiger partial charge in [-0.2, -0.15) is 10.4 Å². The van der Waals surface area contributed by atoms with Crippen molar-refractivity contribution in [2.45, 2.75) is 0 Å². The molecular weight excluding hydrogens is 312 g/mol. The van der Waals surface area contributed by atoms with Crippen molar-refractivity contribution >= 4 is 5.82 Å². The van der Waals surface area contributed by atoms with Gasteiger partial charge in [-0.25, -0.2) is 4.98 Å². The lowest BCUT2D eigenvalue weighted by Gasteiger charge is -2.10. The fourth-order valence-corrected chi connectivity index (χ4v) is 2.84. The Hall–Kier alpha value is -3.85. The lowest BCUT2D eigenvalue weighted by atomic mass is 9.97. The number of aromatic nitrogens is 4. The number of hydrogen-bond donors (Lipinski definition) is 3. The van der Waals surface area contributed by atoms with Crippen molar-refractivity contribution in [1.82, 2.24) is 20.2 Å². The lowest BCUT2D eigenvalue weighted by molar-refractivity contribution is 1.10. The normalized spacial score (nSPS) is 10.5. The van der Waals surface area contributed by atoms with Gasteiger partial charge in [0.2, 0.25) is 0 Å². The maximum absolute atomic E-state index is 9.57. The van der Waals surface area contributed by atoms with Crippen LogP contribution in [0.15, 0.2) is 60.9 Å². The Bertz CT molecular complexity index is 1060. The minimum absolute atomic E-state index is 0.199. The highest BCUT2D eigenvalue weighted by molar-refractivity contribution is 5.87. The molecule has 0 aliphatic carbocycles. The first kappa shape index (κ1) is 14.7. The van der Waals surface area contributed by atoms with E-state index in [-0.39, 0.29) is 5.82 Å². The zero-order valence-corrected chi connectivity index (χ0v) is 13.2. The Kier molecular flexibility index (Phi) is 3.52. The molecule has 3 aromatic heterocycles. The van der Waals surface area contributed by atoms with Crippen LogP contribution in [-0.4, -0.2) is 20.2 Å². The summed E-state index contributed by atoms with van der Waals surface area (Å²) in [6.45, 7) is 0. The zero-order chi connectivity index (χ0) is 17.2. The first-order valence-corrected chi connectivity index (χ1v) is 7.71. The lowest BCUT2D eigenvalue weighted by Crippen LogP contribution is -2.00. The summed E-state index contributed by atoms with van der Waals surface area (Å²) in [7, 11) is 0. The summed E-state index contributed by atoms with van der Waals surface area (Å²) in [6, 6.07) is 17.7. The van der Waals surface area contributed by atoms with Crippen LogP contribution in [0.25, 0.3) is 33.8 Å². The number of rotatable bonds is 3. The Morgan fingerprint density at radius 1 is 1.04 bits per heavy atom. The number of pyridine rings is 1. The monoisotopic (exact) mass is 326 g/mol. The van der Waals surface area contributed by atoms with Crippen LogP contribution in [0.4, 0.5) is 5.82 Å². The standard InChI is InChI=1S/C19H14N6/c20-10-14-13(9-17(24-19(14)21)16-7-4-8-22-16)15-11-23-25-18(15)12-5-2-1-3-6-12/h1-9,11,22H,(H2,21,24)(H,23,25). The summed E-state index contributed by atoms with van der Waals surface area (Å²) in [6.07, 6.45) is 3.52. The fourth-order valence-electron chi connectivity index (χ4n) is 2.84. The van der Waals surface area contributed by atoms with Crippen molar-refractivity contribution in [3.8, 4) is 39.8 Å². The maximum Gasteiger partial charge on any atom is 0.142 e. The average Bonchev–Trinajstić information content (AvgIpc) is 3.33. The predicted octanol–water partition coefficient (Wildman–Crippen LogP) is 3.59. The van der Waals surface area contributed by atoms with Crippen LogP contribution < -0.4 is 5.73 Å². The maximum atomic E-state index is 9.57. The molecule has 0 radical (unpaired) electrons. The molecule has 0 aliphatic heterocycles. The third-order valence-corrected chi connectivity index (χ3v) is 4.03. The Balaban J connectivity index is 1.95. The van der Waals surface area contributed by atoms with E-state index < -0.39 is 0 Å². The highest BCUT2D eigenvalue weighted by Crippen LogP contribution is 2.35. The molecule has 0 atom stereocenters. The third-order valence-electron chi connectivity index (χ3n) is 4.03. The largest absolute Gasteiger partial charge is 0.383 e. The molecule has 0 amide bonds.